The minimum absolute atomic E-state index is 0.0584. The summed E-state index contributed by atoms with van der Waals surface area (Å²) in [6, 6.07) is 7.92. The molecule has 0 radical (unpaired) electrons. The smallest absolute Gasteiger partial charge is 0.274 e. The van der Waals surface area contributed by atoms with E-state index >= 15 is 0 Å². The zero-order valence-electron chi connectivity index (χ0n) is 10.7. The molecule has 3 nitrogen and oxygen atoms in total. The van der Waals surface area contributed by atoms with Gasteiger partial charge in [0.05, 0.1) is 5.69 Å². The summed E-state index contributed by atoms with van der Waals surface area (Å²) >= 11 is 0. The highest BCUT2D eigenvalue weighted by Gasteiger charge is 2.14. The van der Waals surface area contributed by atoms with Crippen molar-refractivity contribution >= 4 is 0 Å². The fourth-order valence-corrected chi connectivity index (χ4v) is 2.19. The second-order valence-corrected chi connectivity index (χ2v) is 4.78. The van der Waals surface area contributed by atoms with Crippen molar-refractivity contribution in [3.05, 3.63) is 51.4 Å². The number of aromatic amines is 1. The number of benzene rings is 1. The molecule has 17 heavy (non-hydrogen) atoms. The fraction of sp³-hybridized carbons (Fsp3) is 0.357. The largest absolute Gasteiger partial charge is 0.295 e. The van der Waals surface area contributed by atoms with Gasteiger partial charge in [0.1, 0.15) is 0 Å². The summed E-state index contributed by atoms with van der Waals surface area (Å²) in [6.45, 7) is 8.05. The maximum Gasteiger partial charge on any atom is 0.274 e. The van der Waals surface area contributed by atoms with Crippen LogP contribution in [0, 0.1) is 13.8 Å². The van der Waals surface area contributed by atoms with E-state index in [0.29, 0.717) is 0 Å². The van der Waals surface area contributed by atoms with Crippen molar-refractivity contribution in [3.63, 3.8) is 0 Å². The number of nitrogens with zero attached hydrogens (tertiary/aromatic N) is 1. The predicted molar refractivity (Wildman–Crippen MR) is 70.0 cm³/mol. The van der Waals surface area contributed by atoms with Crippen LogP contribution < -0.4 is 5.56 Å². The summed E-state index contributed by atoms with van der Waals surface area (Å²) < 4.78 is 1.62. The lowest BCUT2D eigenvalue weighted by Gasteiger charge is -2.02. The highest BCUT2D eigenvalue weighted by atomic mass is 16.1. The maximum atomic E-state index is 12.3. The Labute approximate surface area is 101 Å². The number of hydrogen-bond acceptors (Lipinski definition) is 1. The van der Waals surface area contributed by atoms with E-state index in [2.05, 4.69) is 5.10 Å². The molecule has 1 heterocycles. The SMILES string of the molecule is Cc1cccc(-n2[nH]c(C)c(C(C)C)c2=O)c1. The molecule has 1 N–H and O–H groups in total. The van der Waals surface area contributed by atoms with Gasteiger partial charge in [-0.3, -0.25) is 9.89 Å². The van der Waals surface area contributed by atoms with Crippen LogP contribution in [0.1, 0.15) is 36.6 Å². The van der Waals surface area contributed by atoms with E-state index in [0.717, 1.165) is 22.5 Å². The molecule has 0 atom stereocenters. The average molecular weight is 230 g/mol. The van der Waals surface area contributed by atoms with Crippen LogP contribution in [-0.2, 0) is 0 Å². The highest BCUT2D eigenvalue weighted by Crippen LogP contribution is 2.15. The Kier molecular flexibility index (Phi) is 2.92. The van der Waals surface area contributed by atoms with E-state index in [9.17, 15) is 4.79 Å². The van der Waals surface area contributed by atoms with Gasteiger partial charge in [-0.15, -0.1) is 0 Å². The van der Waals surface area contributed by atoms with Crippen molar-refractivity contribution in [3.8, 4) is 5.69 Å². The monoisotopic (exact) mass is 230 g/mol. The normalized spacial score (nSPS) is 11.1. The Morgan fingerprint density at radius 3 is 2.47 bits per heavy atom. The molecule has 0 spiro atoms. The van der Waals surface area contributed by atoms with Crippen molar-refractivity contribution in [1.29, 1.82) is 0 Å². The van der Waals surface area contributed by atoms with Crippen LogP contribution in [-0.4, -0.2) is 9.78 Å². The minimum atomic E-state index is 0.0584. The number of aryl methyl sites for hydroxylation is 2. The molecule has 0 unspecified atom stereocenters. The topological polar surface area (TPSA) is 37.8 Å². The molecule has 1 aromatic carbocycles. The van der Waals surface area contributed by atoms with Crippen LogP contribution >= 0.6 is 0 Å². The van der Waals surface area contributed by atoms with Crippen molar-refractivity contribution in [2.75, 3.05) is 0 Å². The van der Waals surface area contributed by atoms with Crippen LogP contribution in [0.5, 0.6) is 0 Å². The summed E-state index contributed by atoms with van der Waals surface area (Å²) in [5.74, 6) is 0.241. The van der Waals surface area contributed by atoms with Crippen molar-refractivity contribution in [2.24, 2.45) is 0 Å². The Morgan fingerprint density at radius 2 is 1.94 bits per heavy atom. The van der Waals surface area contributed by atoms with E-state index < -0.39 is 0 Å². The lowest BCUT2D eigenvalue weighted by molar-refractivity contribution is 0.823. The van der Waals surface area contributed by atoms with Gasteiger partial charge in [-0.1, -0.05) is 26.0 Å². The molecule has 0 bridgehead atoms. The number of rotatable bonds is 2. The van der Waals surface area contributed by atoms with Gasteiger partial charge in [0.25, 0.3) is 5.56 Å². The van der Waals surface area contributed by atoms with Crippen molar-refractivity contribution in [1.82, 2.24) is 9.78 Å². The highest BCUT2D eigenvalue weighted by molar-refractivity contribution is 5.36. The summed E-state index contributed by atoms with van der Waals surface area (Å²) in [5.41, 5.74) is 3.92. The van der Waals surface area contributed by atoms with E-state index in [-0.39, 0.29) is 11.5 Å². The Bertz CT molecular complexity index is 591. The summed E-state index contributed by atoms with van der Waals surface area (Å²) in [6.07, 6.45) is 0. The third-order valence-corrected chi connectivity index (χ3v) is 2.95. The predicted octanol–water partition coefficient (Wildman–Crippen LogP) is 2.91. The van der Waals surface area contributed by atoms with E-state index in [1.807, 2.05) is 52.0 Å². The quantitative estimate of drug-likeness (QED) is 0.846. The van der Waals surface area contributed by atoms with Gasteiger partial charge in [0, 0.05) is 11.3 Å². The first-order valence-corrected chi connectivity index (χ1v) is 5.89. The molecule has 0 saturated heterocycles. The summed E-state index contributed by atoms with van der Waals surface area (Å²) in [4.78, 5) is 12.3. The molecule has 2 aromatic rings. The average Bonchev–Trinajstić information content (AvgIpc) is 2.54. The lowest BCUT2D eigenvalue weighted by Crippen LogP contribution is -2.18. The number of hydrogen-bond donors (Lipinski definition) is 1. The summed E-state index contributed by atoms with van der Waals surface area (Å²) in [5, 5.41) is 3.14. The number of nitrogens with one attached hydrogen (secondary N) is 1. The molecule has 0 fully saturated rings. The molecule has 1 aromatic heterocycles. The van der Waals surface area contributed by atoms with Crippen LogP contribution in [0.25, 0.3) is 5.69 Å². The molecule has 3 heteroatoms. The number of H-pyrrole nitrogens is 1. The molecule has 0 amide bonds. The Morgan fingerprint density at radius 1 is 1.24 bits per heavy atom. The zero-order chi connectivity index (χ0) is 12.6. The van der Waals surface area contributed by atoms with Gasteiger partial charge in [0.15, 0.2) is 0 Å². The van der Waals surface area contributed by atoms with Gasteiger partial charge >= 0.3 is 0 Å². The molecule has 0 saturated carbocycles. The molecular weight excluding hydrogens is 212 g/mol. The lowest BCUT2D eigenvalue weighted by atomic mass is 10.1. The van der Waals surface area contributed by atoms with E-state index in [4.69, 9.17) is 0 Å². The van der Waals surface area contributed by atoms with Crippen LogP contribution in [0.3, 0.4) is 0 Å². The first-order chi connectivity index (χ1) is 8.00. The first-order valence-electron chi connectivity index (χ1n) is 5.89. The maximum absolute atomic E-state index is 12.3. The van der Waals surface area contributed by atoms with Crippen LogP contribution in [0.15, 0.2) is 29.1 Å². The van der Waals surface area contributed by atoms with Gasteiger partial charge in [-0.25, -0.2) is 4.68 Å². The number of aromatic nitrogens is 2. The van der Waals surface area contributed by atoms with Crippen molar-refractivity contribution < 1.29 is 0 Å². The minimum Gasteiger partial charge on any atom is -0.295 e. The molecule has 0 aliphatic rings. The van der Waals surface area contributed by atoms with Gasteiger partial charge < -0.3 is 0 Å². The third-order valence-electron chi connectivity index (χ3n) is 2.95. The van der Waals surface area contributed by atoms with E-state index in [1.165, 1.54) is 0 Å². The third kappa shape index (κ3) is 2.05. The molecular formula is C14H18N2O. The van der Waals surface area contributed by atoms with Crippen LogP contribution in [0.2, 0.25) is 0 Å². The molecule has 2 rings (SSSR count). The Hall–Kier alpha value is -1.77. The first kappa shape index (κ1) is 11.7. The fourth-order valence-electron chi connectivity index (χ4n) is 2.19. The second kappa shape index (κ2) is 4.24. The molecule has 0 aliphatic heterocycles. The van der Waals surface area contributed by atoms with Gasteiger partial charge in [-0.2, -0.15) is 0 Å². The van der Waals surface area contributed by atoms with E-state index in [1.54, 1.807) is 4.68 Å². The Balaban J connectivity index is 2.62. The molecule has 90 valence electrons. The zero-order valence-corrected chi connectivity index (χ0v) is 10.7. The standard InChI is InChI=1S/C14H18N2O/c1-9(2)13-11(4)15-16(14(13)17)12-7-5-6-10(3)8-12/h5-9,15H,1-4H3. The van der Waals surface area contributed by atoms with Gasteiger partial charge in [0.2, 0.25) is 0 Å². The molecule has 0 aliphatic carbocycles. The summed E-state index contributed by atoms with van der Waals surface area (Å²) in [7, 11) is 0. The van der Waals surface area contributed by atoms with Crippen molar-refractivity contribution in [2.45, 2.75) is 33.6 Å². The van der Waals surface area contributed by atoms with Crippen LogP contribution in [0.4, 0.5) is 0 Å². The second-order valence-electron chi connectivity index (χ2n) is 4.78. The van der Waals surface area contributed by atoms with Gasteiger partial charge in [-0.05, 0) is 37.5 Å².